The fraction of sp³-hybridized carbons (Fsp3) is 0.600. The lowest BCUT2D eigenvalue weighted by Gasteiger charge is -2.16. The van der Waals surface area contributed by atoms with Gasteiger partial charge < -0.3 is 0 Å². The third-order valence-electron chi connectivity index (χ3n) is 4.49. The number of hydrogen-bond acceptors (Lipinski definition) is 4. The molecule has 0 N–H and O–H groups in total. The second kappa shape index (κ2) is 8.32. The predicted octanol–water partition coefficient (Wildman–Crippen LogP) is 5.20. The van der Waals surface area contributed by atoms with Crippen LogP contribution in [0.5, 0.6) is 0 Å². The molecule has 2 rings (SSSR count). The highest BCUT2D eigenvalue weighted by atomic mass is 14.9. The molecule has 0 bridgehead atoms. The molecule has 0 amide bonds. The maximum absolute atomic E-state index is 4.72. The molecule has 0 radical (unpaired) electrons. The van der Waals surface area contributed by atoms with Gasteiger partial charge in [0.2, 0.25) is 0 Å². The van der Waals surface area contributed by atoms with E-state index in [9.17, 15) is 0 Å². The molecule has 2 heterocycles. The van der Waals surface area contributed by atoms with Crippen molar-refractivity contribution in [2.24, 2.45) is 0 Å². The maximum Gasteiger partial charge on any atom is 0.131 e. The van der Waals surface area contributed by atoms with Crippen LogP contribution < -0.4 is 0 Å². The van der Waals surface area contributed by atoms with E-state index >= 15 is 0 Å². The first-order valence-corrected chi connectivity index (χ1v) is 9.04. The van der Waals surface area contributed by atoms with Crippen molar-refractivity contribution >= 4 is 0 Å². The van der Waals surface area contributed by atoms with E-state index in [2.05, 4.69) is 51.5 Å². The fourth-order valence-corrected chi connectivity index (χ4v) is 2.65. The Labute approximate surface area is 146 Å². The molecule has 2 atom stereocenters. The Kier molecular flexibility index (Phi) is 6.41. The molecule has 0 aliphatic carbocycles. The van der Waals surface area contributed by atoms with Crippen LogP contribution in [0.15, 0.2) is 24.5 Å². The van der Waals surface area contributed by atoms with Gasteiger partial charge >= 0.3 is 0 Å². The van der Waals surface area contributed by atoms with Gasteiger partial charge in [0, 0.05) is 35.6 Å². The molecule has 2 unspecified atom stereocenters. The zero-order chi connectivity index (χ0) is 17.7. The van der Waals surface area contributed by atoms with E-state index in [1.54, 1.807) is 0 Å². The Balaban J connectivity index is 1.99. The van der Waals surface area contributed by atoms with E-state index in [4.69, 9.17) is 9.97 Å². The Hall–Kier alpha value is -1.84. The maximum atomic E-state index is 4.72. The third kappa shape index (κ3) is 4.83. The first kappa shape index (κ1) is 18.5. The number of rotatable bonds is 7. The highest BCUT2D eigenvalue weighted by Gasteiger charge is 2.15. The lowest BCUT2D eigenvalue weighted by atomic mass is 9.96. The molecule has 130 valence electrons. The van der Waals surface area contributed by atoms with Crippen molar-refractivity contribution in [3.05, 3.63) is 47.6 Å². The normalized spacial score (nSPS) is 14.2. The second-order valence-electron chi connectivity index (χ2n) is 7.37. The summed E-state index contributed by atoms with van der Waals surface area (Å²) in [5, 5.41) is 0. The van der Waals surface area contributed by atoms with E-state index in [0.717, 1.165) is 35.9 Å². The highest BCUT2D eigenvalue weighted by molar-refractivity contribution is 5.10. The van der Waals surface area contributed by atoms with Crippen molar-refractivity contribution in [2.75, 3.05) is 0 Å². The number of hydrogen-bond donors (Lipinski definition) is 0. The van der Waals surface area contributed by atoms with Gasteiger partial charge in [-0.2, -0.15) is 0 Å². The molecule has 0 aromatic carbocycles. The smallest absolute Gasteiger partial charge is 0.131 e. The summed E-state index contributed by atoms with van der Waals surface area (Å²) in [5.74, 6) is 3.46. The SMILES string of the molecule is CC(C)c1ccnc(C(C)CCC(C)c2nccc(C(C)C)n2)n1. The average molecular weight is 326 g/mol. The quantitative estimate of drug-likeness (QED) is 0.701. The van der Waals surface area contributed by atoms with Gasteiger partial charge in [-0.3, -0.25) is 0 Å². The van der Waals surface area contributed by atoms with Crippen molar-refractivity contribution in [2.45, 2.75) is 78.1 Å². The lowest BCUT2D eigenvalue weighted by molar-refractivity contribution is 0.534. The van der Waals surface area contributed by atoms with Crippen molar-refractivity contribution in [3.8, 4) is 0 Å². The molecule has 0 saturated heterocycles. The van der Waals surface area contributed by atoms with E-state index in [1.165, 1.54) is 0 Å². The van der Waals surface area contributed by atoms with E-state index in [-0.39, 0.29) is 0 Å². The van der Waals surface area contributed by atoms with Gasteiger partial charge in [-0.25, -0.2) is 19.9 Å². The Morgan fingerprint density at radius 3 is 1.38 bits per heavy atom. The summed E-state index contributed by atoms with van der Waals surface area (Å²) in [7, 11) is 0. The number of nitrogens with zero attached hydrogens (tertiary/aromatic N) is 4. The molecule has 4 nitrogen and oxygen atoms in total. The highest BCUT2D eigenvalue weighted by Crippen LogP contribution is 2.25. The van der Waals surface area contributed by atoms with Gasteiger partial charge in [-0.05, 0) is 36.8 Å². The fourth-order valence-electron chi connectivity index (χ4n) is 2.65. The summed E-state index contributed by atoms with van der Waals surface area (Å²) >= 11 is 0. The van der Waals surface area contributed by atoms with Gasteiger partial charge in [0.25, 0.3) is 0 Å². The first-order chi connectivity index (χ1) is 11.4. The van der Waals surface area contributed by atoms with Crippen LogP contribution in [0, 0.1) is 0 Å². The van der Waals surface area contributed by atoms with Crippen LogP contribution >= 0.6 is 0 Å². The summed E-state index contributed by atoms with van der Waals surface area (Å²) in [6.45, 7) is 13.1. The third-order valence-corrected chi connectivity index (χ3v) is 4.49. The molecule has 0 spiro atoms. The lowest BCUT2D eigenvalue weighted by Crippen LogP contribution is -2.08. The molecule has 2 aromatic rings. The van der Waals surface area contributed by atoms with Gasteiger partial charge in [0.15, 0.2) is 0 Å². The monoisotopic (exact) mass is 326 g/mol. The van der Waals surface area contributed by atoms with Crippen LogP contribution in [0.3, 0.4) is 0 Å². The molecular formula is C20H30N4. The van der Waals surface area contributed by atoms with Crippen LogP contribution in [-0.4, -0.2) is 19.9 Å². The summed E-state index contributed by atoms with van der Waals surface area (Å²) in [6, 6.07) is 4.02. The van der Waals surface area contributed by atoms with Crippen molar-refractivity contribution in [3.63, 3.8) is 0 Å². The molecule has 2 aromatic heterocycles. The van der Waals surface area contributed by atoms with Gasteiger partial charge in [-0.1, -0.05) is 41.5 Å². The van der Waals surface area contributed by atoms with Crippen LogP contribution in [-0.2, 0) is 0 Å². The summed E-state index contributed by atoms with van der Waals surface area (Å²) in [4.78, 5) is 18.4. The molecule has 4 heteroatoms. The summed E-state index contributed by atoms with van der Waals surface area (Å²) < 4.78 is 0. The second-order valence-corrected chi connectivity index (χ2v) is 7.37. The van der Waals surface area contributed by atoms with Crippen molar-refractivity contribution in [1.29, 1.82) is 0 Å². The Morgan fingerprint density at radius 2 is 1.04 bits per heavy atom. The minimum Gasteiger partial charge on any atom is -0.241 e. The zero-order valence-corrected chi connectivity index (χ0v) is 15.8. The van der Waals surface area contributed by atoms with Gasteiger partial charge in [0.1, 0.15) is 11.6 Å². The van der Waals surface area contributed by atoms with Crippen molar-refractivity contribution < 1.29 is 0 Å². The Morgan fingerprint density at radius 1 is 0.667 bits per heavy atom. The Bertz CT molecular complexity index is 594. The van der Waals surface area contributed by atoms with E-state index in [0.29, 0.717) is 23.7 Å². The average Bonchev–Trinajstić information content (AvgIpc) is 2.59. The molecule has 0 aliphatic heterocycles. The summed E-state index contributed by atoms with van der Waals surface area (Å²) in [6.07, 6.45) is 5.84. The predicted molar refractivity (Wildman–Crippen MR) is 98.3 cm³/mol. The van der Waals surface area contributed by atoms with Gasteiger partial charge in [-0.15, -0.1) is 0 Å². The largest absolute Gasteiger partial charge is 0.241 e. The number of aromatic nitrogens is 4. The molecule has 0 aliphatic rings. The molecule has 24 heavy (non-hydrogen) atoms. The zero-order valence-electron chi connectivity index (χ0n) is 15.8. The molecule has 0 fully saturated rings. The van der Waals surface area contributed by atoms with Crippen LogP contribution in [0.25, 0.3) is 0 Å². The topological polar surface area (TPSA) is 51.6 Å². The van der Waals surface area contributed by atoms with Crippen LogP contribution in [0.2, 0.25) is 0 Å². The van der Waals surface area contributed by atoms with Crippen molar-refractivity contribution in [1.82, 2.24) is 19.9 Å². The molecule has 0 saturated carbocycles. The van der Waals surface area contributed by atoms with Crippen LogP contribution in [0.4, 0.5) is 0 Å². The summed E-state index contributed by atoms with van der Waals surface area (Å²) in [5.41, 5.74) is 2.24. The van der Waals surface area contributed by atoms with Gasteiger partial charge in [0.05, 0.1) is 0 Å². The minimum atomic E-state index is 0.347. The first-order valence-electron chi connectivity index (χ1n) is 9.04. The minimum absolute atomic E-state index is 0.347. The van der Waals surface area contributed by atoms with E-state index in [1.807, 2.05) is 24.5 Å². The van der Waals surface area contributed by atoms with Crippen LogP contribution in [0.1, 0.15) is 101 Å². The molecular weight excluding hydrogens is 296 g/mol. The standard InChI is InChI=1S/C20H30N4/c1-13(2)17-9-11-21-19(23-17)15(5)7-8-16(6)20-22-12-10-18(24-20)14(3)4/h9-16H,7-8H2,1-6H3. The van der Waals surface area contributed by atoms with E-state index < -0.39 is 0 Å².